The molecule has 0 bridgehead atoms. The fraction of sp³-hybridized carbons (Fsp3) is 0.310. The van der Waals surface area contributed by atoms with E-state index in [9.17, 15) is 9.59 Å². The van der Waals surface area contributed by atoms with Gasteiger partial charge in [-0.2, -0.15) is 0 Å². The van der Waals surface area contributed by atoms with Gasteiger partial charge in [0.2, 0.25) is 0 Å². The molecule has 0 aliphatic heterocycles. The second-order valence-electron chi connectivity index (χ2n) is 9.54. The summed E-state index contributed by atoms with van der Waals surface area (Å²) in [6, 6.07) is 19.1. The summed E-state index contributed by atoms with van der Waals surface area (Å²) in [4.78, 5) is 24.6. The lowest BCUT2D eigenvalue weighted by atomic mass is 10.1. The first kappa shape index (κ1) is 25.9. The number of rotatable bonds is 10. The molecule has 3 aromatic carbocycles. The Labute approximate surface area is 216 Å². The molecule has 1 amide bonds. The van der Waals surface area contributed by atoms with E-state index in [0.717, 1.165) is 27.8 Å². The van der Waals surface area contributed by atoms with Crippen LogP contribution in [0.1, 0.15) is 35.3 Å². The molecule has 4 aromatic rings. The van der Waals surface area contributed by atoms with Crippen LogP contribution in [-0.4, -0.2) is 28.7 Å². The minimum Gasteiger partial charge on any atom is -0.493 e. The zero-order valence-electron chi connectivity index (χ0n) is 22.0. The molecule has 8 nitrogen and oxygen atoms in total. The van der Waals surface area contributed by atoms with E-state index in [1.807, 2.05) is 60.7 Å². The van der Waals surface area contributed by atoms with Crippen LogP contribution in [-0.2, 0) is 27.2 Å². The maximum Gasteiger partial charge on any atom is 0.328 e. The number of methoxy groups -OCH3 is 1. The lowest BCUT2D eigenvalue weighted by Crippen LogP contribution is -2.27. The molecular weight excluding hydrogens is 468 g/mol. The fourth-order valence-electron chi connectivity index (χ4n) is 4.12. The number of amides is 1. The molecule has 0 radical (unpaired) electrons. The molecule has 0 fully saturated rings. The van der Waals surface area contributed by atoms with Gasteiger partial charge in [-0.3, -0.25) is 13.9 Å². The van der Waals surface area contributed by atoms with E-state index in [0.29, 0.717) is 42.7 Å². The number of aromatic nitrogens is 2. The smallest absolute Gasteiger partial charge is 0.328 e. The number of fused-ring (bicyclic) bond motifs is 1. The van der Waals surface area contributed by atoms with Gasteiger partial charge in [-0.05, 0) is 59.5 Å². The first-order valence-electron chi connectivity index (χ1n) is 12.3. The molecule has 0 aliphatic carbocycles. The number of carbonyl (C=O) groups is 1. The van der Waals surface area contributed by atoms with E-state index in [1.54, 1.807) is 30.3 Å². The molecule has 0 aliphatic rings. The van der Waals surface area contributed by atoms with Crippen LogP contribution in [0.2, 0.25) is 0 Å². The zero-order valence-corrected chi connectivity index (χ0v) is 22.0. The third-order valence-electron chi connectivity index (χ3n) is 6.25. The third-order valence-corrected chi connectivity index (χ3v) is 6.25. The maximum absolute atomic E-state index is 12.4. The number of ether oxygens (including phenoxy) is 2. The van der Waals surface area contributed by atoms with Crippen LogP contribution >= 0.6 is 0 Å². The number of nitrogens with one attached hydrogen (secondary N) is 2. The molecular formula is C29H34N4O4. The van der Waals surface area contributed by atoms with Crippen molar-refractivity contribution in [1.82, 2.24) is 14.5 Å². The Morgan fingerprint density at radius 2 is 1.68 bits per heavy atom. The molecule has 2 N–H and O–H groups in total. The van der Waals surface area contributed by atoms with Crippen molar-refractivity contribution in [3.8, 4) is 11.5 Å². The summed E-state index contributed by atoms with van der Waals surface area (Å²) in [6.07, 6.45) is 0. The first-order chi connectivity index (χ1) is 17.8. The number of nitrogens with zero attached hydrogens (tertiary/aromatic N) is 2. The van der Waals surface area contributed by atoms with Crippen molar-refractivity contribution in [2.75, 3.05) is 19.0 Å². The molecule has 0 atom stereocenters. The van der Waals surface area contributed by atoms with Crippen molar-refractivity contribution in [2.24, 2.45) is 20.0 Å². The van der Waals surface area contributed by atoms with Gasteiger partial charge >= 0.3 is 5.69 Å². The molecule has 0 saturated carbocycles. The van der Waals surface area contributed by atoms with Crippen LogP contribution in [0.5, 0.6) is 11.5 Å². The summed E-state index contributed by atoms with van der Waals surface area (Å²) in [5, 5.41) is 6.32. The topological polar surface area (TPSA) is 86.5 Å². The number of hydrogen-bond donors (Lipinski definition) is 2. The first-order valence-corrected chi connectivity index (χ1v) is 12.3. The molecule has 4 rings (SSSR count). The van der Waals surface area contributed by atoms with Crippen LogP contribution in [0.4, 0.5) is 5.69 Å². The Kier molecular flexibility index (Phi) is 7.86. The predicted molar refractivity (Wildman–Crippen MR) is 146 cm³/mol. The summed E-state index contributed by atoms with van der Waals surface area (Å²) in [5.41, 5.74) is 5.15. The normalized spacial score (nSPS) is 11.1. The van der Waals surface area contributed by atoms with Gasteiger partial charge in [0.15, 0.2) is 11.5 Å². The van der Waals surface area contributed by atoms with Gasteiger partial charge in [0.05, 0.1) is 18.1 Å². The van der Waals surface area contributed by atoms with Crippen LogP contribution < -0.4 is 25.8 Å². The molecule has 0 spiro atoms. The SMILES string of the molecule is COc1cc(CNc2cccc(C(=O)NCC(C)C)c2)ccc1OCc1ccc2c(c1)n(C)c(=O)n2C. The Bertz CT molecular complexity index is 1470. The Balaban J connectivity index is 1.40. The fourth-order valence-corrected chi connectivity index (χ4v) is 4.12. The predicted octanol–water partition coefficient (Wildman–Crippen LogP) is 4.46. The lowest BCUT2D eigenvalue weighted by molar-refractivity contribution is 0.0949. The average Bonchev–Trinajstić information content (AvgIpc) is 3.12. The average molecular weight is 503 g/mol. The summed E-state index contributed by atoms with van der Waals surface area (Å²) < 4.78 is 14.9. The van der Waals surface area contributed by atoms with Crippen LogP contribution in [0.25, 0.3) is 11.0 Å². The molecule has 0 saturated heterocycles. The quantitative estimate of drug-likeness (QED) is 0.334. The van der Waals surface area contributed by atoms with Crippen molar-refractivity contribution in [3.63, 3.8) is 0 Å². The third kappa shape index (κ3) is 5.97. The van der Waals surface area contributed by atoms with E-state index in [2.05, 4.69) is 24.5 Å². The number of aryl methyl sites for hydroxylation is 2. The lowest BCUT2D eigenvalue weighted by Gasteiger charge is -2.14. The molecule has 194 valence electrons. The minimum absolute atomic E-state index is 0.0555. The highest BCUT2D eigenvalue weighted by molar-refractivity contribution is 5.95. The second-order valence-corrected chi connectivity index (χ2v) is 9.54. The van der Waals surface area contributed by atoms with Crippen molar-refractivity contribution in [2.45, 2.75) is 27.0 Å². The molecule has 1 heterocycles. The molecule has 0 unspecified atom stereocenters. The van der Waals surface area contributed by atoms with Gasteiger partial charge in [0.25, 0.3) is 5.91 Å². The van der Waals surface area contributed by atoms with Crippen molar-refractivity contribution >= 4 is 22.6 Å². The summed E-state index contributed by atoms with van der Waals surface area (Å²) in [5.74, 6) is 1.59. The van der Waals surface area contributed by atoms with Crippen molar-refractivity contribution in [3.05, 3.63) is 87.8 Å². The number of benzene rings is 3. The highest BCUT2D eigenvalue weighted by atomic mass is 16.5. The van der Waals surface area contributed by atoms with Crippen LogP contribution in [0.15, 0.2) is 65.5 Å². The van der Waals surface area contributed by atoms with Gasteiger partial charge < -0.3 is 20.1 Å². The monoisotopic (exact) mass is 502 g/mol. The van der Waals surface area contributed by atoms with E-state index in [1.165, 1.54) is 0 Å². The maximum atomic E-state index is 12.4. The Morgan fingerprint density at radius 1 is 0.919 bits per heavy atom. The zero-order chi connectivity index (χ0) is 26.5. The van der Waals surface area contributed by atoms with Gasteiger partial charge in [-0.1, -0.05) is 32.0 Å². The van der Waals surface area contributed by atoms with E-state index in [-0.39, 0.29) is 11.6 Å². The Hall–Kier alpha value is -4.20. The second kappa shape index (κ2) is 11.2. The molecule has 1 aromatic heterocycles. The number of anilines is 1. The van der Waals surface area contributed by atoms with Crippen molar-refractivity contribution in [1.29, 1.82) is 0 Å². The standard InChI is InChI=1S/C29H34N4O4/c1-19(2)16-31-28(34)22-7-6-8-23(15-22)30-17-20-10-12-26(27(14-20)36-5)37-18-21-9-11-24-25(13-21)33(4)29(35)32(24)3/h6-15,19,30H,16-18H2,1-5H3,(H,31,34). The van der Waals surface area contributed by atoms with Gasteiger partial charge in [-0.15, -0.1) is 0 Å². The molecule has 8 heteroatoms. The van der Waals surface area contributed by atoms with E-state index >= 15 is 0 Å². The van der Waals surface area contributed by atoms with E-state index < -0.39 is 0 Å². The summed E-state index contributed by atoms with van der Waals surface area (Å²) in [6.45, 7) is 5.68. The van der Waals surface area contributed by atoms with Gasteiger partial charge in [0, 0.05) is 38.4 Å². The number of imidazole rings is 1. The highest BCUT2D eigenvalue weighted by Crippen LogP contribution is 2.29. The largest absolute Gasteiger partial charge is 0.493 e. The van der Waals surface area contributed by atoms with E-state index in [4.69, 9.17) is 9.47 Å². The van der Waals surface area contributed by atoms with Crippen molar-refractivity contribution < 1.29 is 14.3 Å². The number of hydrogen-bond acceptors (Lipinski definition) is 5. The summed E-state index contributed by atoms with van der Waals surface area (Å²) >= 11 is 0. The van der Waals surface area contributed by atoms with Gasteiger partial charge in [0.1, 0.15) is 6.61 Å². The summed E-state index contributed by atoms with van der Waals surface area (Å²) in [7, 11) is 5.15. The highest BCUT2D eigenvalue weighted by Gasteiger charge is 2.11. The minimum atomic E-state index is -0.0749. The Morgan fingerprint density at radius 3 is 2.43 bits per heavy atom. The van der Waals surface area contributed by atoms with Crippen LogP contribution in [0.3, 0.4) is 0 Å². The van der Waals surface area contributed by atoms with Crippen LogP contribution in [0, 0.1) is 5.92 Å². The molecule has 37 heavy (non-hydrogen) atoms. The van der Waals surface area contributed by atoms with Gasteiger partial charge in [-0.25, -0.2) is 4.79 Å². The number of carbonyl (C=O) groups excluding carboxylic acids is 1.